The van der Waals surface area contributed by atoms with Crippen molar-refractivity contribution in [3.05, 3.63) is 29.8 Å². The molecule has 21 heavy (non-hydrogen) atoms. The summed E-state index contributed by atoms with van der Waals surface area (Å²) in [6.07, 6.45) is 1.56. The van der Waals surface area contributed by atoms with E-state index in [1.807, 2.05) is 24.3 Å². The number of anilines is 1. The molecule has 0 fully saturated rings. The van der Waals surface area contributed by atoms with E-state index in [1.165, 1.54) is 0 Å². The lowest BCUT2D eigenvalue weighted by atomic mass is 9.84. The molecule has 1 aromatic carbocycles. The SMILES string of the molecule is CCCNc1ccccc1C(=O)NC(CCO)C(C)(C)C. The van der Waals surface area contributed by atoms with Crippen LogP contribution in [0.3, 0.4) is 0 Å². The van der Waals surface area contributed by atoms with Crippen molar-refractivity contribution in [2.24, 2.45) is 5.41 Å². The lowest BCUT2D eigenvalue weighted by molar-refractivity contribution is 0.0886. The van der Waals surface area contributed by atoms with Crippen LogP contribution < -0.4 is 10.6 Å². The van der Waals surface area contributed by atoms with Crippen LogP contribution in [-0.2, 0) is 0 Å². The number of amides is 1. The summed E-state index contributed by atoms with van der Waals surface area (Å²) in [5, 5.41) is 15.5. The third kappa shape index (κ3) is 5.38. The lowest BCUT2D eigenvalue weighted by Gasteiger charge is -2.31. The van der Waals surface area contributed by atoms with Gasteiger partial charge in [-0.2, -0.15) is 0 Å². The van der Waals surface area contributed by atoms with Crippen LogP contribution >= 0.6 is 0 Å². The normalized spacial score (nSPS) is 12.8. The molecule has 0 spiro atoms. The van der Waals surface area contributed by atoms with E-state index in [0.29, 0.717) is 12.0 Å². The maximum atomic E-state index is 12.5. The number of carbonyl (C=O) groups is 1. The molecule has 1 unspecified atom stereocenters. The molecular formula is C17H28N2O2. The molecule has 0 radical (unpaired) electrons. The third-order valence-corrected chi connectivity index (χ3v) is 3.51. The molecule has 0 heterocycles. The number of aliphatic hydroxyl groups excluding tert-OH is 1. The number of hydrogen-bond acceptors (Lipinski definition) is 3. The van der Waals surface area contributed by atoms with Gasteiger partial charge < -0.3 is 15.7 Å². The van der Waals surface area contributed by atoms with Crippen LogP contribution in [0.5, 0.6) is 0 Å². The second-order valence-corrected chi connectivity index (χ2v) is 6.38. The summed E-state index contributed by atoms with van der Waals surface area (Å²) in [4.78, 5) is 12.5. The summed E-state index contributed by atoms with van der Waals surface area (Å²) in [5.41, 5.74) is 1.41. The molecular weight excluding hydrogens is 264 g/mol. The molecule has 118 valence electrons. The smallest absolute Gasteiger partial charge is 0.253 e. The Bertz CT molecular complexity index is 452. The van der Waals surface area contributed by atoms with Crippen molar-refractivity contribution in [3.8, 4) is 0 Å². The van der Waals surface area contributed by atoms with E-state index in [0.717, 1.165) is 18.7 Å². The van der Waals surface area contributed by atoms with Crippen molar-refractivity contribution in [2.75, 3.05) is 18.5 Å². The lowest BCUT2D eigenvalue weighted by Crippen LogP contribution is -2.44. The monoisotopic (exact) mass is 292 g/mol. The van der Waals surface area contributed by atoms with E-state index in [1.54, 1.807) is 0 Å². The van der Waals surface area contributed by atoms with Crippen molar-refractivity contribution >= 4 is 11.6 Å². The van der Waals surface area contributed by atoms with Gasteiger partial charge in [-0.3, -0.25) is 4.79 Å². The van der Waals surface area contributed by atoms with Gasteiger partial charge in [-0.25, -0.2) is 0 Å². The Hall–Kier alpha value is -1.55. The maximum absolute atomic E-state index is 12.5. The van der Waals surface area contributed by atoms with Gasteiger partial charge in [0.2, 0.25) is 0 Å². The predicted octanol–water partition coefficient (Wildman–Crippen LogP) is 3.04. The van der Waals surface area contributed by atoms with Crippen LogP contribution in [0.1, 0.15) is 50.9 Å². The molecule has 0 aliphatic carbocycles. The van der Waals surface area contributed by atoms with Crippen molar-refractivity contribution in [1.29, 1.82) is 0 Å². The van der Waals surface area contributed by atoms with Gasteiger partial charge in [-0.15, -0.1) is 0 Å². The van der Waals surface area contributed by atoms with Crippen molar-refractivity contribution in [2.45, 2.75) is 46.6 Å². The van der Waals surface area contributed by atoms with E-state index in [9.17, 15) is 9.90 Å². The van der Waals surface area contributed by atoms with Crippen molar-refractivity contribution in [1.82, 2.24) is 5.32 Å². The fourth-order valence-corrected chi connectivity index (χ4v) is 2.18. The largest absolute Gasteiger partial charge is 0.396 e. The molecule has 4 heteroatoms. The van der Waals surface area contributed by atoms with Gasteiger partial charge in [-0.1, -0.05) is 39.8 Å². The average molecular weight is 292 g/mol. The number of benzene rings is 1. The summed E-state index contributed by atoms with van der Waals surface area (Å²) in [6.45, 7) is 9.19. The van der Waals surface area contributed by atoms with E-state index in [2.05, 4.69) is 38.3 Å². The zero-order chi connectivity index (χ0) is 15.9. The van der Waals surface area contributed by atoms with Crippen molar-refractivity contribution < 1.29 is 9.90 Å². The summed E-state index contributed by atoms with van der Waals surface area (Å²) >= 11 is 0. The van der Waals surface area contributed by atoms with Gasteiger partial charge in [0.1, 0.15) is 0 Å². The predicted molar refractivity (Wildman–Crippen MR) is 87.6 cm³/mol. The van der Waals surface area contributed by atoms with Crippen LogP contribution in [0.2, 0.25) is 0 Å². The number of para-hydroxylation sites is 1. The van der Waals surface area contributed by atoms with Crippen LogP contribution in [-0.4, -0.2) is 30.2 Å². The van der Waals surface area contributed by atoms with Gasteiger partial charge in [-0.05, 0) is 30.4 Å². The first-order chi connectivity index (χ1) is 9.90. The minimum atomic E-state index is -0.0948. The first kappa shape index (κ1) is 17.5. The number of rotatable bonds is 7. The Morgan fingerprint density at radius 3 is 2.52 bits per heavy atom. The Labute approximate surface area is 128 Å². The summed E-state index contributed by atoms with van der Waals surface area (Å²) in [6, 6.07) is 7.47. The van der Waals surface area contributed by atoms with Crippen LogP contribution in [0.25, 0.3) is 0 Å². The quantitative estimate of drug-likeness (QED) is 0.724. The molecule has 0 saturated carbocycles. The average Bonchev–Trinajstić information content (AvgIpc) is 2.43. The Morgan fingerprint density at radius 1 is 1.29 bits per heavy atom. The molecule has 0 saturated heterocycles. The Morgan fingerprint density at radius 2 is 1.95 bits per heavy atom. The molecule has 4 nitrogen and oxygen atoms in total. The summed E-state index contributed by atoms with van der Waals surface area (Å²) in [7, 11) is 0. The molecule has 0 aliphatic rings. The van der Waals surface area contributed by atoms with E-state index in [-0.39, 0.29) is 24.0 Å². The fourth-order valence-electron chi connectivity index (χ4n) is 2.18. The standard InChI is InChI=1S/C17H28N2O2/c1-5-11-18-14-9-7-6-8-13(14)16(21)19-15(10-12-20)17(2,3)4/h6-9,15,18,20H,5,10-12H2,1-4H3,(H,19,21). The van der Waals surface area contributed by atoms with E-state index >= 15 is 0 Å². The third-order valence-electron chi connectivity index (χ3n) is 3.51. The molecule has 3 N–H and O–H groups in total. The van der Waals surface area contributed by atoms with Crippen LogP contribution in [0.15, 0.2) is 24.3 Å². The van der Waals surface area contributed by atoms with Crippen molar-refractivity contribution in [3.63, 3.8) is 0 Å². The van der Waals surface area contributed by atoms with Crippen LogP contribution in [0.4, 0.5) is 5.69 Å². The number of aliphatic hydroxyl groups is 1. The first-order valence-corrected chi connectivity index (χ1v) is 7.64. The van der Waals surface area contributed by atoms with Gasteiger partial charge in [0.15, 0.2) is 0 Å². The van der Waals surface area contributed by atoms with Gasteiger partial charge >= 0.3 is 0 Å². The van der Waals surface area contributed by atoms with Gasteiger partial charge in [0, 0.05) is 24.9 Å². The maximum Gasteiger partial charge on any atom is 0.253 e. The van der Waals surface area contributed by atoms with E-state index < -0.39 is 0 Å². The molecule has 1 aromatic rings. The molecule has 0 aliphatic heterocycles. The topological polar surface area (TPSA) is 61.4 Å². The second kappa shape index (κ2) is 8.03. The van der Waals surface area contributed by atoms with Crippen LogP contribution in [0, 0.1) is 5.41 Å². The minimum absolute atomic E-state index is 0.0609. The summed E-state index contributed by atoms with van der Waals surface area (Å²) in [5.74, 6) is -0.0948. The highest BCUT2D eigenvalue weighted by molar-refractivity contribution is 5.99. The first-order valence-electron chi connectivity index (χ1n) is 7.64. The minimum Gasteiger partial charge on any atom is -0.396 e. The molecule has 1 amide bonds. The number of carbonyl (C=O) groups excluding carboxylic acids is 1. The highest BCUT2D eigenvalue weighted by Gasteiger charge is 2.26. The molecule has 0 aromatic heterocycles. The van der Waals surface area contributed by atoms with Gasteiger partial charge in [0.05, 0.1) is 5.56 Å². The zero-order valence-electron chi connectivity index (χ0n) is 13.6. The Kier molecular flexibility index (Phi) is 6.69. The van der Waals surface area contributed by atoms with Gasteiger partial charge in [0.25, 0.3) is 5.91 Å². The zero-order valence-corrected chi connectivity index (χ0v) is 13.6. The second-order valence-electron chi connectivity index (χ2n) is 6.38. The fraction of sp³-hybridized carbons (Fsp3) is 0.588. The number of nitrogens with one attached hydrogen (secondary N) is 2. The highest BCUT2D eigenvalue weighted by atomic mass is 16.3. The Balaban J connectivity index is 2.87. The molecule has 1 rings (SSSR count). The van der Waals surface area contributed by atoms with E-state index in [4.69, 9.17) is 0 Å². The summed E-state index contributed by atoms with van der Waals surface area (Å²) < 4.78 is 0. The molecule has 0 bridgehead atoms. The number of hydrogen-bond donors (Lipinski definition) is 3. The molecule has 1 atom stereocenters. The highest BCUT2D eigenvalue weighted by Crippen LogP contribution is 2.23.